The van der Waals surface area contributed by atoms with Crippen molar-refractivity contribution in [3.8, 4) is 0 Å². The van der Waals surface area contributed by atoms with Crippen LogP contribution in [0.15, 0.2) is 11.8 Å². The molecule has 0 saturated carbocycles. The number of hydrogen-bond acceptors (Lipinski definition) is 3. The van der Waals surface area contributed by atoms with E-state index in [-0.39, 0.29) is 29.9 Å². The minimum atomic E-state index is -0.377. The van der Waals surface area contributed by atoms with Gasteiger partial charge < -0.3 is 10.0 Å². The number of likely N-dealkylation sites (tertiary alicyclic amines) is 1. The summed E-state index contributed by atoms with van der Waals surface area (Å²) in [5.74, 6) is -0.686. The van der Waals surface area contributed by atoms with Crippen molar-refractivity contribution in [2.45, 2.75) is 19.9 Å². The van der Waals surface area contributed by atoms with Crippen molar-refractivity contribution in [3.63, 3.8) is 0 Å². The van der Waals surface area contributed by atoms with E-state index >= 15 is 0 Å². The molecule has 0 aromatic carbocycles. The van der Waals surface area contributed by atoms with E-state index in [2.05, 4.69) is 0 Å². The molecule has 1 heterocycles. The standard InChI is InChI=1S/C8H11NO3/c1-5(2)9-3-7(11)6(4-10)8(9)12/h4-5,10H,3H2,1-2H3/b6-4+. The lowest BCUT2D eigenvalue weighted by atomic mass is 10.2. The molecule has 1 N–H and O–H groups in total. The number of amides is 1. The fraction of sp³-hybridized carbons (Fsp3) is 0.500. The zero-order chi connectivity index (χ0) is 9.30. The van der Waals surface area contributed by atoms with Gasteiger partial charge >= 0.3 is 0 Å². The van der Waals surface area contributed by atoms with Crippen molar-refractivity contribution in [1.82, 2.24) is 4.90 Å². The number of carbonyl (C=O) groups is 2. The molecule has 0 spiro atoms. The van der Waals surface area contributed by atoms with Crippen LogP contribution in [0, 0.1) is 0 Å². The van der Waals surface area contributed by atoms with Crippen molar-refractivity contribution in [2.24, 2.45) is 0 Å². The number of Topliss-reactive ketones (excluding diaryl/α,β-unsaturated/α-hetero) is 1. The first-order chi connectivity index (χ1) is 5.57. The Kier molecular flexibility index (Phi) is 2.17. The van der Waals surface area contributed by atoms with Crippen LogP contribution in [0.5, 0.6) is 0 Å². The van der Waals surface area contributed by atoms with E-state index in [0.717, 1.165) is 0 Å². The third-order valence-corrected chi connectivity index (χ3v) is 1.86. The van der Waals surface area contributed by atoms with Crippen LogP contribution < -0.4 is 0 Å². The molecule has 0 bridgehead atoms. The van der Waals surface area contributed by atoms with E-state index in [0.29, 0.717) is 6.26 Å². The average Bonchev–Trinajstić information content (AvgIpc) is 2.27. The van der Waals surface area contributed by atoms with E-state index in [9.17, 15) is 9.59 Å². The van der Waals surface area contributed by atoms with Gasteiger partial charge in [0, 0.05) is 6.04 Å². The highest BCUT2D eigenvalue weighted by molar-refractivity contribution is 6.24. The molecular weight excluding hydrogens is 158 g/mol. The Hall–Kier alpha value is -1.32. The SMILES string of the molecule is CC(C)N1CC(=O)/C(=C\O)C1=O. The van der Waals surface area contributed by atoms with Crippen molar-refractivity contribution >= 4 is 11.7 Å². The van der Waals surface area contributed by atoms with Crippen LogP contribution in [-0.4, -0.2) is 34.3 Å². The number of hydrogen-bond donors (Lipinski definition) is 1. The summed E-state index contributed by atoms with van der Waals surface area (Å²) in [7, 11) is 0. The Morgan fingerprint density at radius 1 is 1.50 bits per heavy atom. The highest BCUT2D eigenvalue weighted by Crippen LogP contribution is 2.15. The smallest absolute Gasteiger partial charge is 0.261 e. The summed E-state index contributed by atoms with van der Waals surface area (Å²) in [6.45, 7) is 3.74. The predicted octanol–water partition coefficient (Wildman–Crippen LogP) is 0.248. The molecule has 1 aliphatic heterocycles. The molecule has 1 rings (SSSR count). The van der Waals surface area contributed by atoms with Crippen LogP contribution in [-0.2, 0) is 9.59 Å². The molecule has 1 aliphatic rings. The zero-order valence-corrected chi connectivity index (χ0v) is 7.07. The minimum Gasteiger partial charge on any atom is -0.515 e. The Morgan fingerprint density at radius 2 is 2.08 bits per heavy atom. The summed E-state index contributed by atoms with van der Waals surface area (Å²) in [4.78, 5) is 23.7. The molecule has 4 nitrogen and oxygen atoms in total. The number of aliphatic hydroxyl groups excluding tert-OH is 1. The van der Waals surface area contributed by atoms with Gasteiger partial charge in [0.25, 0.3) is 5.91 Å². The summed E-state index contributed by atoms with van der Waals surface area (Å²) in [6, 6.07) is -0.00102. The first-order valence-electron chi connectivity index (χ1n) is 3.76. The van der Waals surface area contributed by atoms with E-state index in [4.69, 9.17) is 5.11 Å². The molecular formula is C8H11NO3. The van der Waals surface area contributed by atoms with Crippen molar-refractivity contribution in [1.29, 1.82) is 0 Å². The molecule has 1 amide bonds. The van der Waals surface area contributed by atoms with E-state index in [1.54, 1.807) is 0 Å². The van der Waals surface area contributed by atoms with Crippen molar-refractivity contribution < 1.29 is 14.7 Å². The molecule has 12 heavy (non-hydrogen) atoms. The lowest BCUT2D eigenvalue weighted by Crippen LogP contribution is -2.32. The third kappa shape index (κ3) is 1.20. The monoisotopic (exact) mass is 169 g/mol. The van der Waals surface area contributed by atoms with Crippen molar-refractivity contribution in [2.75, 3.05) is 6.54 Å². The topological polar surface area (TPSA) is 57.6 Å². The molecule has 1 fully saturated rings. The first-order valence-corrected chi connectivity index (χ1v) is 3.76. The van der Waals surface area contributed by atoms with Gasteiger partial charge in [-0.05, 0) is 13.8 Å². The van der Waals surface area contributed by atoms with Crippen LogP contribution >= 0.6 is 0 Å². The normalized spacial score (nSPS) is 21.6. The van der Waals surface area contributed by atoms with Crippen LogP contribution in [0.4, 0.5) is 0 Å². The Morgan fingerprint density at radius 3 is 2.33 bits per heavy atom. The second-order valence-corrected chi connectivity index (χ2v) is 2.99. The maximum absolute atomic E-state index is 11.3. The molecule has 1 saturated heterocycles. The first kappa shape index (κ1) is 8.77. The number of rotatable bonds is 1. The molecule has 0 aliphatic carbocycles. The minimum absolute atomic E-state index is 0.00102. The largest absolute Gasteiger partial charge is 0.515 e. The lowest BCUT2D eigenvalue weighted by molar-refractivity contribution is -0.126. The predicted molar refractivity (Wildman–Crippen MR) is 42.6 cm³/mol. The zero-order valence-electron chi connectivity index (χ0n) is 7.07. The maximum atomic E-state index is 11.3. The molecule has 66 valence electrons. The van der Waals surface area contributed by atoms with E-state index in [1.165, 1.54) is 4.90 Å². The maximum Gasteiger partial charge on any atom is 0.261 e. The van der Waals surface area contributed by atoms with Crippen molar-refractivity contribution in [3.05, 3.63) is 11.8 Å². The highest BCUT2D eigenvalue weighted by atomic mass is 16.2. The van der Waals surface area contributed by atoms with Crippen LogP contribution in [0.1, 0.15) is 13.8 Å². The quantitative estimate of drug-likeness (QED) is 0.347. The summed E-state index contributed by atoms with van der Waals surface area (Å²) < 4.78 is 0. The molecule has 0 radical (unpaired) electrons. The number of aliphatic hydroxyl groups is 1. The highest BCUT2D eigenvalue weighted by Gasteiger charge is 2.34. The van der Waals surface area contributed by atoms with E-state index in [1.807, 2.05) is 13.8 Å². The molecule has 4 heteroatoms. The van der Waals surface area contributed by atoms with Gasteiger partial charge in [0.05, 0.1) is 12.8 Å². The lowest BCUT2D eigenvalue weighted by Gasteiger charge is -2.18. The van der Waals surface area contributed by atoms with Gasteiger partial charge in [0.1, 0.15) is 5.57 Å². The van der Waals surface area contributed by atoms with Gasteiger partial charge in [-0.2, -0.15) is 0 Å². The van der Waals surface area contributed by atoms with Crippen LogP contribution in [0.3, 0.4) is 0 Å². The average molecular weight is 169 g/mol. The Labute approximate surface area is 70.5 Å². The summed E-state index contributed by atoms with van der Waals surface area (Å²) >= 11 is 0. The third-order valence-electron chi connectivity index (χ3n) is 1.86. The van der Waals surface area contributed by atoms with Crippen LogP contribution in [0.2, 0.25) is 0 Å². The molecule has 0 aromatic heterocycles. The number of nitrogens with zero attached hydrogens (tertiary/aromatic N) is 1. The fourth-order valence-electron chi connectivity index (χ4n) is 1.13. The van der Waals surface area contributed by atoms with Gasteiger partial charge in [-0.15, -0.1) is 0 Å². The summed E-state index contributed by atoms with van der Waals surface area (Å²) in [5.41, 5.74) is -0.108. The van der Waals surface area contributed by atoms with E-state index < -0.39 is 0 Å². The van der Waals surface area contributed by atoms with Gasteiger partial charge in [-0.25, -0.2) is 0 Å². The second-order valence-electron chi connectivity index (χ2n) is 2.99. The molecule has 0 atom stereocenters. The fourth-order valence-corrected chi connectivity index (χ4v) is 1.13. The Bertz CT molecular complexity index is 255. The Balaban J connectivity index is 2.91. The molecule has 0 unspecified atom stereocenters. The molecule has 0 aromatic rings. The van der Waals surface area contributed by atoms with Gasteiger partial charge in [0.2, 0.25) is 0 Å². The van der Waals surface area contributed by atoms with Gasteiger partial charge in [-0.1, -0.05) is 0 Å². The van der Waals surface area contributed by atoms with Crippen LogP contribution in [0.25, 0.3) is 0 Å². The summed E-state index contributed by atoms with van der Waals surface area (Å²) in [5, 5.41) is 8.58. The summed E-state index contributed by atoms with van der Waals surface area (Å²) in [6.07, 6.45) is 0.590. The number of ketones is 1. The number of carbonyl (C=O) groups excluding carboxylic acids is 2. The van der Waals surface area contributed by atoms with Gasteiger partial charge in [0.15, 0.2) is 5.78 Å². The second kappa shape index (κ2) is 2.97. The van der Waals surface area contributed by atoms with Gasteiger partial charge in [-0.3, -0.25) is 9.59 Å².